The van der Waals surface area contributed by atoms with E-state index in [1.807, 2.05) is 13.0 Å². The number of ether oxygens (including phenoxy) is 1. The van der Waals surface area contributed by atoms with Crippen LogP contribution in [0.1, 0.15) is 11.3 Å². The van der Waals surface area contributed by atoms with Crippen LogP contribution in [-0.4, -0.2) is 27.0 Å². The smallest absolute Gasteiger partial charge is 0.221 e. The largest absolute Gasteiger partial charge is 0.481 e. The van der Waals surface area contributed by atoms with Crippen molar-refractivity contribution in [3.8, 4) is 5.88 Å². The lowest BCUT2D eigenvalue weighted by atomic mass is 10.3. The van der Waals surface area contributed by atoms with Gasteiger partial charge in [-0.15, -0.1) is 0 Å². The van der Waals surface area contributed by atoms with Crippen molar-refractivity contribution in [3.05, 3.63) is 36.2 Å². The van der Waals surface area contributed by atoms with Gasteiger partial charge in [0.1, 0.15) is 18.5 Å². The fraction of sp³-hybridized carbons (Fsp3) is 0.273. The summed E-state index contributed by atoms with van der Waals surface area (Å²) in [5.41, 5.74) is 1.78. The lowest BCUT2D eigenvalue weighted by molar-refractivity contribution is 0.393. The fourth-order valence-corrected chi connectivity index (χ4v) is 1.41. The number of rotatable bonds is 4. The predicted molar refractivity (Wildman–Crippen MR) is 62.7 cm³/mol. The minimum Gasteiger partial charge on any atom is -0.481 e. The van der Waals surface area contributed by atoms with Crippen LogP contribution in [0.2, 0.25) is 0 Å². The van der Waals surface area contributed by atoms with Gasteiger partial charge in [0.25, 0.3) is 0 Å². The van der Waals surface area contributed by atoms with E-state index in [9.17, 15) is 0 Å². The van der Waals surface area contributed by atoms with Crippen molar-refractivity contribution in [3.63, 3.8) is 0 Å². The Morgan fingerprint density at radius 3 is 2.82 bits per heavy atom. The van der Waals surface area contributed by atoms with Crippen LogP contribution in [-0.2, 0) is 6.54 Å². The summed E-state index contributed by atoms with van der Waals surface area (Å²) in [4.78, 5) is 16.1. The second kappa shape index (κ2) is 5.20. The average Bonchev–Trinajstić information content (AvgIpc) is 2.39. The summed E-state index contributed by atoms with van der Waals surface area (Å²) in [7, 11) is 1.59. The molecule has 0 radical (unpaired) electrons. The number of nitrogens with zero attached hydrogens (tertiary/aromatic N) is 4. The van der Waals surface area contributed by atoms with E-state index in [4.69, 9.17) is 4.74 Å². The second-order valence-corrected chi connectivity index (χ2v) is 3.41. The van der Waals surface area contributed by atoms with Gasteiger partial charge in [0.05, 0.1) is 24.9 Å². The first kappa shape index (κ1) is 11.3. The number of hydrogen-bond donors (Lipinski definition) is 1. The standard InChI is InChI=1S/C11H13N5O/c1-8-10(15-7-16-11(8)17-2)13-5-9-3-4-12-6-14-9/h3-4,6-7H,5H2,1-2H3,(H,13,15,16). The third kappa shape index (κ3) is 2.66. The zero-order valence-electron chi connectivity index (χ0n) is 9.71. The Kier molecular flexibility index (Phi) is 3.44. The van der Waals surface area contributed by atoms with Crippen LogP contribution in [0.25, 0.3) is 0 Å². The Morgan fingerprint density at radius 1 is 1.24 bits per heavy atom. The molecular formula is C11H13N5O. The maximum Gasteiger partial charge on any atom is 0.221 e. The molecule has 0 bridgehead atoms. The summed E-state index contributed by atoms with van der Waals surface area (Å²) >= 11 is 0. The highest BCUT2D eigenvalue weighted by atomic mass is 16.5. The van der Waals surface area contributed by atoms with Crippen molar-refractivity contribution >= 4 is 5.82 Å². The van der Waals surface area contributed by atoms with Crippen molar-refractivity contribution in [2.45, 2.75) is 13.5 Å². The minimum atomic E-state index is 0.574. The van der Waals surface area contributed by atoms with Crippen LogP contribution in [0.5, 0.6) is 5.88 Å². The Morgan fingerprint density at radius 2 is 2.12 bits per heavy atom. The Bertz CT molecular complexity index is 488. The van der Waals surface area contributed by atoms with Gasteiger partial charge < -0.3 is 10.1 Å². The lowest BCUT2D eigenvalue weighted by Gasteiger charge is -2.09. The summed E-state index contributed by atoms with van der Waals surface area (Å²) < 4.78 is 5.12. The van der Waals surface area contributed by atoms with Gasteiger partial charge in [0.15, 0.2) is 0 Å². The number of anilines is 1. The van der Waals surface area contributed by atoms with Gasteiger partial charge in [0, 0.05) is 6.20 Å². The molecule has 0 atom stereocenters. The molecule has 2 heterocycles. The van der Waals surface area contributed by atoms with E-state index in [1.54, 1.807) is 13.3 Å². The predicted octanol–water partition coefficient (Wildman–Crippen LogP) is 1.20. The van der Waals surface area contributed by atoms with E-state index < -0.39 is 0 Å². The maximum atomic E-state index is 5.12. The molecule has 0 aliphatic rings. The fourth-order valence-electron chi connectivity index (χ4n) is 1.41. The van der Waals surface area contributed by atoms with Gasteiger partial charge in [-0.05, 0) is 13.0 Å². The van der Waals surface area contributed by atoms with Crippen molar-refractivity contribution in [1.29, 1.82) is 0 Å². The van der Waals surface area contributed by atoms with Crippen LogP contribution in [0.3, 0.4) is 0 Å². The van der Waals surface area contributed by atoms with Gasteiger partial charge in [0.2, 0.25) is 5.88 Å². The van der Waals surface area contributed by atoms with E-state index in [1.165, 1.54) is 12.7 Å². The van der Waals surface area contributed by atoms with Crippen LogP contribution < -0.4 is 10.1 Å². The first-order chi connectivity index (χ1) is 8.31. The lowest BCUT2D eigenvalue weighted by Crippen LogP contribution is -2.06. The molecular weight excluding hydrogens is 218 g/mol. The van der Waals surface area contributed by atoms with Gasteiger partial charge in [-0.1, -0.05) is 0 Å². The molecule has 0 aliphatic heterocycles. The zero-order valence-corrected chi connectivity index (χ0v) is 9.71. The molecule has 2 aromatic heterocycles. The molecule has 0 aromatic carbocycles. The molecule has 88 valence electrons. The molecule has 0 saturated carbocycles. The quantitative estimate of drug-likeness (QED) is 0.852. The van der Waals surface area contributed by atoms with Crippen LogP contribution in [0.4, 0.5) is 5.82 Å². The molecule has 0 unspecified atom stereocenters. The molecule has 1 N–H and O–H groups in total. The normalized spacial score (nSPS) is 10.0. The highest BCUT2D eigenvalue weighted by Gasteiger charge is 2.06. The number of hydrogen-bond acceptors (Lipinski definition) is 6. The maximum absolute atomic E-state index is 5.12. The van der Waals surface area contributed by atoms with Crippen LogP contribution in [0, 0.1) is 6.92 Å². The van der Waals surface area contributed by atoms with Gasteiger partial charge in [-0.2, -0.15) is 0 Å². The van der Waals surface area contributed by atoms with Crippen LogP contribution in [0.15, 0.2) is 24.9 Å². The number of methoxy groups -OCH3 is 1. The summed E-state index contributed by atoms with van der Waals surface area (Å²) in [6.45, 7) is 2.49. The molecule has 2 rings (SSSR count). The van der Waals surface area contributed by atoms with E-state index in [0.717, 1.165) is 17.1 Å². The Balaban J connectivity index is 2.09. The first-order valence-electron chi connectivity index (χ1n) is 5.15. The third-order valence-corrected chi connectivity index (χ3v) is 2.31. The molecule has 0 amide bonds. The molecule has 6 nitrogen and oxygen atoms in total. The van der Waals surface area contributed by atoms with E-state index in [2.05, 4.69) is 25.3 Å². The first-order valence-corrected chi connectivity index (χ1v) is 5.15. The van der Waals surface area contributed by atoms with Gasteiger partial charge >= 0.3 is 0 Å². The molecule has 2 aromatic rings. The molecule has 0 fully saturated rings. The minimum absolute atomic E-state index is 0.574. The third-order valence-electron chi connectivity index (χ3n) is 2.31. The number of nitrogens with one attached hydrogen (secondary N) is 1. The summed E-state index contributed by atoms with van der Waals surface area (Å²) in [5, 5.41) is 3.18. The Hall–Kier alpha value is -2.24. The molecule has 17 heavy (non-hydrogen) atoms. The second-order valence-electron chi connectivity index (χ2n) is 3.41. The average molecular weight is 231 g/mol. The number of aromatic nitrogens is 4. The SMILES string of the molecule is COc1ncnc(NCc2ccncn2)c1C. The molecule has 0 aliphatic carbocycles. The van der Waals surface area contributed by atoms with Crippen molar-refractivity contribution in [2.75, 3.05) is 12.4 Å². The van der Waals surface area contributed by atoms with Crippen molar-refractivity contribution < 1.29 is 4.74 Å². The van der Waals surface area contributed by atoms with Crippen molar-refractivity contribution in [1.82, 2.24) is 19.9 Å². The molecule has 0 saturated heterocycles. The Labute approximate surface area is 99.1 Å². The van der Waals surface area contributed by atoms with Crippen molar-refractivity contribution in [2.24, 2.45) is 0 Å². The monoisotopic (exact) mass is 231 g/mol. The zero-order chi connectivity index (χ0) is 12.1. The van der Waals surface area contributed by atoms with Crippen LogP contribution >= 0.6 is 0 Å². The van der Waals surface area contributed by atoms with E-state index >= 15 is 0 Å². The summed E-state index contributed by atoms with van der Waals surface area (Å²) in [6.07, 6.45) is 4.69. The highest BCUT2D eigenvalue weighted by molar-refractivity contribution is 5.47. The summed E-state index contributed by atoms with van der Waals surface area (Å²) in [6, 6.07) is 1.85. The topological polar surface area (TPSA) is 72.8 Å². The van der Waals surface area contributed by atoms with E-state index in [-0.39, 0.29) is 0 Å². The van der Waals surface area contributed by atoms with Gasteiger partial charge in [-0.3, -0.25) is 0 Å². The highest BCUT2D eigenvalue weighted by Crippen LogP contribution is 2.19. The van der Waals surface area contributed by atoms with Gasteiger partial charge in [-0.25, -0.2) is 19.9 Å². The van der Waals surface area contributed by atoms with E-state index in [0.29, 0.717) is 12.4 Å². The summed E-state index contributed by atoms with van der Waals surface area (Å²) in [5.74, 6) is 1.32. The molecule has 6 heteroatoms. The molecule has 0 spiro atoms.